The quantitative estimate of drug-likeness (QED) is 0.0261. The van der Waals surface area contributed by atoms with Gasteiger partial charge in [0, 0.05) is 19.3 Å². The van der Waals surface area contributed by atoms with Crippen LogP contribution in [0.25, 0.3) is 0 Å². The molecule has 0 aromatic carbocycles. The van der Waals surface area contributed by atoms with Crippen LogP contribution in [-0.4, -0.2) is 37.2 Å². The molecule has 0 saturated carbocycles. The van der Waals surface area contributed by atoms with Crippen molar-refractivity contribution in [2.24, 2.45) is 0 Å². The minimum absolute atomic E-state index is 0.0768. The Hall–Kier alpha value is -3.15. The monoisotopic (exact) mass is 1150 g/mol. The van der Waals surface area contributed by atoms with Crippen molar-refractivity contribution in [3.8, 4) is 0 Å². The highest BCUT2D eigenvalue weighted by atomic mass is 16.6. The number of ether oxygens (including phenoxy) is 3. The maximum Gasteiger partial charge on any atom is 0.306 e. The minimum atomic E-state index is -0.782. The number of carbonyl (C=O) groups is 3. The molecule has 82 heavy (non-hydrogen) atoms. The van der Waals surface area contributed by atoms with Gasteiger partial charge in [-0.25, -0.2) is 0 Å². The van der Waals surface area contributed by atoms with Crippen molar-refractivity contribution in [3.05, 3.63) is 72.9 Å². The molecule has 0 aliphatic heterocycles. The SMILES string of the molecule is CC/C=C\C/C=C\C/C=C\C/C=C\C/C=C\C/C=C\CCCCCCCCC(=O)OC(COC(=O)CCCCCCCCCCCCC)COC(=O)CCCCCCCCCCCCCCCCCCCCCCCCCCCCCC. The van der Waals surface area contributed by atoms with Crippen LogP contribution in [0.2, 0.25) is 0 Å². The number of esters is 3. The fourth-order valence-corrected chi connectivity index (χ4v) is 10.6. The molecule has 1 unspecified atom stereocenters. The molecule has 0 rings (SSSR count). The third-order valence-electron chi connectivity index (χ3n) is 16.0. The molecule has 6 nitrogen and oxygen atoms in total. The average molecular weight is 1150 g/mol. The van der Waals surface area contributed by atoms with Gasteiger partial charge in [0.25, 0.3) is 0 Å². The highest BCUT2D eigenvalue weighted by Gasteiger charge is 2.19. The van der Waals surface area contributed by atoms with Crippen LogP contribution >= 0.6 is 0 Å². The van der Waals surface area contributed by atoms with Crippen molar-refractivity contribution >= 4 is 17.9 Å². The van der Waals surface area contributed by atoms with Crippen LogP contribution in [-0.2, 0) is 28.6 Å². The summed E-state index contributed by atoms with van der Waals surface area (Å²) in [5.74, 6) is -0.871. The largest absolute Gasteiger partial charge is 0.462 e. The van der Waals surface area contributed by atoms with E-state index in [9.17, 15) is 14.4 Å². The smallest absolute Gasteiger partial charge is 0.306 e. The Balaban J connectivity index is 4.21. The van der Waals surface area contributed by atoms with Crippen LogP contribution in [0.1, 0.15) is 374 Å². The van der Waals surface area contributed by atoms with Crippen LogP contribution in [0, 0.1) is 0 Å². The van der Waals surface area contributed by atoms with E-state index in [1.165, 1.54) is 225 Å². The number of hydrogen-bond acceptors (Lipinski definition) is 6. The van der Waals surface area contributed by atoms with Gasteiger partial charge < -0.3 is 14.2 Å². The van der Waals surface area contributed by atoms with Gasteiger partial charge in [-0.15, -0.1) is 0 Å². The third kappa shape index (κ3) is 67.6. The molecule has 0 aliphatic rings. The van der Waals surface area contributed by atoms with E-state index in [1.807, 2.05) is 0 Å². The Labute approximate surface area is 510 Å². The highest BCUT2D eigenvalue weighted by Crippen LogP contribution is 2.18. The first-order chi connectivity index (χ1) is 40.5. The second kappa shape index (κ2) is 70.3. The van der Waals surface area contributed by atoms with Gasteiger partial charge in [0.2, 0.25) is 0 Å². The topological polar surface area (TPSA) is 78.9 Å². The third-order valence-corrected chi connectivity index (χ3v) is 16.0. The van der Waals surface area contributed by atoms with E-state index >= 15 is 0 Å². The lowest BCUT2D eigenvalue weighted by atomic mass is 10.0. The minimum Gasteiger partial charge on any atom is -0.462 e. The number of hydrogen-bond donors (Lipinski definition) is 0. The summed E-state index contributed by atoms with van der Waals surface area (Å²) in [6.07, 6.45) is 92.3. The van der Waals surface area contributed by atoms with Crippen LogP contribution in [0.5, 0.6) is 0 Å². The zero-order valence-electron chi connectivity index (χ0n) is 54.8. The molecule has 0 aliphatic carbocycles. The zero-order chi connectivity index (χ0) is 59.2. The lowest BCUT2D eigenvalue weighted by molar-refractivity contribution is -0.167. The molecule has 0 spiro atoms. The summed E-state index contributed by atoms with van der Waals surface area (Å²) >= 11 is 0. The molecule has 0 aromatic heterocycles. The summed E-state index contributed by atoms with van der Waals surface area (Å²) < 4.78 is 17.0. The highest BCUT2D eigenvalue weighted by molar-refractivity contribution is 5.71. The normalized spacial score (nSPS) is 12.5. The van der Waals surface area contributed by atoms with Crippen LogP contribution in [0.4, 0.5) is 0 Å². The van der Waals surface area contributed by atoms with Crippen molar-refractivity contribution in [2.75, 3.05) is 13.2 Å². The Morgan fingerprint density at radius 3 is 0.744 bits per heavy atom. The summed E-state index contributed by atoms with van der Waals surface area (Å²) in [6, 6.07) is 0. The van der Waals surface area contributed by atoms with Crippen molar-refractivity contribution in [1.82, 2.24) is 0 Å². The Bertz CT molecular complexity index is 1500. The van der Waals surface area contributed by atoms with Gasteiger partial charge in [-0.05, 0) is 70.6 Å². The van der Waals surface area contributed by atoms with E-state index in [0.717, 1.165) is 109 Å². The Morgan fingerprint density at radius 2 is 0.476 bits per heavy atom. The van der Waals surface area contributed by atoms with Gasteiger partial charge >= 0.3 is 17.9 Å². The standard InChI is InChI=1S/C76H136O6/c1-4-7-10-13-16-19-22-24-26-28-30-32-34-36-37-38-40-41-43-45-47-49-51-54-57-60-63-66-69-75(78)81-72-73(71-80-74(77)68-65-62-59-56-53-21-18-15-12-9-6-3)82-76(79)70-67-64-61-58-55-52-50-48-46-44-42-39-35-33-31-29-27-25-23-20-17-14-11-8-5-2/h8,11,17,20,25,27,31,33,39,42,46,48,73H,4-7,9-10,12-16,18-19,21-24,26,28-30,32,34-38,40-41,43-45,47,49-72H2,1-3H3/b11-8-,20-17-,27-25-,33-31-,42-39-,48-46-. The molecule has 0 bridgehead atoms. The average Bonchev–Trinajstić information content (AvgIpc) is 3.48. The van der Waals surface area contributed by atoms with Gasteiger partial charge in [-0.2, -0.15) is 0 Å². The maximum atomic E-state index is 12.9. The first-order valence-corrected chi connectivity index (χ1v) is 35.9. The van der Waals surface area contributed by atoms with Crippen molar-refractivity contribution < 1.29 is 28.6 Å². The fraction of sp³-hybridized carbons (Fsp3) is 0.803. The molecule has 0 saturated heterocycles. The molecule has 0 heterocycles. The van der Waals surface area contributed by atoms with E-state index in [0.29, 0.717) is 19.3 Å². The molecular formula is C76H136O6. The van der Waals surface area contributed by atoms with Gasteiger partial charge in [0.05, 0.1) is 0 Å². The summed E-state index contributed by atoms with van der Waals surface area (Å²) in [6.45, 7) is 6.57. The first kappa shape index (κ1) is 78.8. The molecule has 0 radical (unpaired) electrons. The van der Waals surface area contributed by atoms with E-state index in [-0.39, 0.29) is 31.1 Å². The van der Waals surface area contributed by atoms with E-state index < -0.39 is 6.10 Å². The second-order valence-electron chi connectivity index (χ2n) is 24.1. The predicted octanol–water partition coefficient (Wildman–Crippen LogP) is 24.8. The summed E-state index contributed by atoms with van der Waals surface area (Å²) in [5, 5.41) is 0. The first-order valence-electron chi connectivity index (χ1n) is 35.9. The summed E-state index contributed by atoms with van der Waals surface area (Å²) in [7, 11) is 0. The lowest BCUT2D eigenvalue weighted by Crippen LogP contribution is -2.30. The Kier molecular flexibility index (Phi) is 67.6. The van der Waals surface area contributed by atoms with Crippen LogP contribution < -0.4 is 0 Å². The zero-order valence-corrected chi connectivity index (χ0v) is 54.8. The molecule has 1 atom stereocenters. The van der Waals surface area contributed by atoms with Crippen molar-refractivity contribution in [1.29, 1.82) is 0 Å². The molecule has 6 heteroatoms. The van der Waals surface area contributed by atoms with Gasteiger partial charge in [-0.3, -0.25) is 14.4 Å². The molecule has 476 valence electrons. The van der Waals surface area contributed by atoms with Crippen LogP contribution in [0.15, 0.2) is 72.9 Å². The molecular weight excluding hydrogens is 1010 g/mol. The van der Waals surface area contributed by atoms with Gasteiger partial charge in [-0.1, -0.05) is 357 Å². The maximum absolute atomic E-state index is 12.9. The Morgan fingerprint density at radius 1 is 0.256 bits per heavy atom. The molecule has 0 N–H and O–H groups in total. The van der Waals surface area contributed by atoms with Gasteiger partial charge in [0.1, 0.15) is 13.2 Å². The lowest BCUT2D eigenvalue weighted by Gasteiger charge is -2.18. The van der Waals surface area contributed by atoms with Gasteiger partial charge in [0.15, 0.2) is 6.10 Å². The number of rotatable bonds is 66. The molecule has 0 fully saturated rings. The number of carbonyl (C=O) groups excluding carboxylic acids is 3. The van der Waals surface area contributed by atoms with E-state index in [1.54, 1.807) is 0 Å². The fourth-order valence-electron chi connectivity index (χ4n) is 10.6. The molecule has 0 aromatic rings. The van der Waals surface area contributed by atoms with Crippen molar-refractivity contribution in [2.45, 2.75) is 380 Å². The molecule has 0 amide bonds. The predicted molar refractivity (Wildman–Crippen MR) is 358 cm³/mol. The summed E-state index contributed by atoms with van der Waals surface area (Å²) in [4.78, 5) is 38.4. The van der Waals surface area contributed by atoms with Crippen molar-refractivity contribution in [3.63, 3.8) is 0 Å². The number of unbranched alkanes of at least 4 members (excludes halogenated alkanes) is 43. The summed E-state index contributed by atoms with van der Waals surface area (Å²) in [5.41, 5.74) is 0. The van der Waals surface area contributed by atoms with E-state index in [2.05, 4.69) is 93.7 Å². The van der Waals surface area contributed by atoms with Crippen LogP contribution in [0.3, 0.4) is 0 Å². The van der Waals surface area contributed by atoms with E-state index in [4.69, 9.17) is 14.2 Å². The number of allylic oxidation sites excluding steroid dienone is 12. The second-order valence-corrected chi connectivity index (χ2v) is 24.1.